The molecule has 0 aliphatic carbocycles. The van der Waals surface area contributed by atoms with Crippen LogP contribution in [0.5, 0.6) is 0 Å². The third kappa shape index (κ3) is 1.75. The average molecular weight is 225 g/mol. The summed E-state index contributed by atoms with van der Waals surface area (Å²) in [4.78, 5) is 14.2. The highest BCUT2D eigenvalue weighted by atomic mass is 16.2. The van der Waals surface area contributed by atoms with E-state index in [1.54, 1.807) is 0 Å². The molecule has 0 saturated carbocycles. The van der Waals surface area contributed by atoms with Crippen LogP contribution >= 0.6 is 0 Å². The number of quaternary nitrogens is 1. The van der Waals surface area contributed by atoms with Gasteiger partial charge in [0, 0.05) is 12.3 Å². The van der Waals surface area contributed by atoms with Crippen LogP contribution in [0.3, 0.4) is 0 Å². The van der Waals surface area contributed by atoms with Gasteiger partial charge in [-0.25, -0.2) is 0 Å². The Balaban J connectivity index is 2.08. The summed E-state index contributed by atoms with van der Waals surface area (Å²) in [6.45, 7) is 13.3. The van der Waals surface area contributed by atoms with E-state index < -0.39 is 0 Å². The van der Waals surface area contributed by atoms with Crippen LogP contribution in [0.25, 0.3) is 0 Å². The van der Waals surface area contributed by atoms with E-state index in [1.807, 2.05) is 13.8 Å². The van der Waals surface area contributed by atoms with Gasteiger partial charge in [-0.15, -0.1) is 0 Å². The standard InChI is InChI=1S/C13H25N2O/c1-10(2)13(16)14-6-8-15(11(3)4)7-5-12(14)9-15/h10-12H,5-9H2,1-4H3/q+1. The predicted octanol–water partition coefficient (Wildman–Crippen LogP) is 1.48. The fraction of sp³-hybridized carbons (Fsp3) is 0.923. The SMILES string of the molecule is CC(C)C(=O)N1CC[N+]2(C(C)C)CCC1C2. The Morgan fingerprint density at radius 2 is 1.94 bits per heavy atom. The number of hydrogen-bond donors (Lipinski definition) is 0. The van der Waals surface area contributed by atoms with E-state index in [9.17, 15) is 4.79 Å². The maximum atomic E-state index is 12.1. The molecule has 2 fully saturated rings. The third-order valence-corrected chi connectivity index (χ3v) is 4.58. The number of fused-ring (bicyclic) bond motifs is 2. The maximum absolute atomic E-state index is 12.1. The van der Waals surface area contributed by atoms with Crippen LogP contribution in [0, 0.1) is 5.92 Å². The fourth-order valence-electron chi connectivity index (χ4n) is 3.30. The van der Waals surface area contributed by atoms with Gasteiger partial charge in [-0.1, -0.05) is 13.8 Å². The zero-order chi connectivity index (χ0) is 11.9. The zero-order valence-corrected chi connectivity index (χ0v) is 11.1. The van der Waals surface area contributed by atoms with E-state index in [0.29, 0.717) is 18.0 Å². The number of piperazine rings is 1. The monoisotopic (exact) mass is 225 g/mol. The van der Waals surface area contributed by atoms with Crippen LogP contribution in [0.2, 0.25) is 0 Å². The number of rotatable bonds is 2. The van der Waals surface area contributed by atoms with Gasteiger partial charge in [0.1, 0.15) is 0 Å². The summed E-state index contributed by atoms with van der Waals surface area (Å²) < 4.78 is 1.24. The average Bonchev–Trinajstić information content (AvgIpc) is 2.57. The molecule has 0 spiro atoms. The zero-order valence-electron chi connectivity index (χ0n) is 11.1. The van der Waals surface area contributed by atoms with Crippen molar-refractivity contribution in [2.45, 2.75) is 46.2 Å². The molecule has 3 heteroatoms. The van der Waals surface area contributed by atoms with E-state index in [2.05, 4.69) is 18.7 Å². The Kier molecular flexibility index (Phi) is 2.99. The molecular formula is C13H25N2O+. The molecule has 0 radical (unpaired) electrons. The molecule has 2 aliphatic heterocycles. The lowest BCUT2D eigenvalue weighted by atomic mass is 10.1. The second-order valence-corrected chi connectivity index (χ2v) is 6.07. The summed E-state index contributed by atoms with van der Waals surface area (Å²) >= 11 is 0. The van der Waals surface area contributed by atoms with E-state index in [1.165, 1.54) is 24.0 Å². The molecule has 3 nitrogen and oxygen atoms in total. The van der Waals surface area contributed by atoms with E-state index in [0.717, 1.165) is 13.1 Å². The normalized spacial score (nSPS) is 33.9. The molecule has 2 saturated heterocycles. The summed E-state index contributed by atoms with van der Waals surface area (Å²) in [7, 11) is 0. The topological polar surface area (TPSA) is 20.3 Å². The number of hydrogen-bond acceptors (Lipinski definition) is 1. The first-order chi connectivity index (χ1) is 7.46. The van der Waals surface area contributed by atoms with Crippen molar-refractivity contribution < 1.29 is 9.28 Å². The van der Waals surface area contributed by atoms with Crippen LogP contribution in [-0.4, -0.2) is 53.6 Å². The minimum Gasteiger partial charge on any atom is -0.328 e. The van der Waals surface area contributed by atoms with Crippen molar-refractivity contribution in [3.63, 3.8) is 0 Å². The molecule has 2 heterocycles. The highest BCUT2D eigenvalue weighted by Crippen LogP contribution is 2.31. The van der Waals surface area contributed by atoms with Gasteiger partial charge in [0.15, 0.2) is 0 Å². The van der Waals surface area contributed by atoms with Gasteiger partial charge in [0.25, 0.3) is 0 Å². The van der Waals surface area contributed by atoms with Gasteiger partial charge in [-0.2, -0.15) is 0 Å². The predicted molar refractivity (Wildman–Crippen MR) is 65.0 cm³/mol. The Morgan fingerprint density at radius 3 is 2.50 bits per heavy atom. The molecule has 2 rings (SSSR count). The molecule has 2 bridgehead atoms. The lowest BCUT2D eigenvalue weighted by molar-refractivity contribution is -0.940. The van der Waals surface area contributed by atoms with Gasteiger partial charge in [-0.3, -0.25) is 4.79 Å². The molecule has 1 amide bonds. The molecule has 0 aromatic carbocycles. The summed E-state index contributed by atoms with van der Waals surface area (Å²) in [5.41, 5.74) is 0. The second-order valence-electron chi connectivity index (χ2n) is 6.07. The summed E-state index contributed by atoms with van der Waals surface area (Å²) in [5.74, 6) is 0.508. The van der Waals surface area contributed by atoms with Crippen molar-refractivity contribution in [2.75, 3.05) is 26.2 Å². The van der Waals surface area contributed by atoms with Crippen molar-refractivity contribution in [1.29, 1.82) is 0 Å². The van der Waals surface area contributed by atoms with Gasteiger partial charge in [0.2, 0.25) is 5.91 Å². The molecule has 16 heavy (non-hydrogen) atoms. The van der Waals surface area contributed by atoms with Crippen molar-refractivity contribution in [3.8, 4) is 0 Å². The maximum Gasteiger partial charge on any atom is 0.225 e. The number of carbonyl (C=O) groups excluding carboxylic acids is 1. The minimum atomic E-state index is 0.152. The molecule has 92 valence electrons. The lowest BCUT2D eigenvalue weighted by Gasteiger charge is -2.45. The fourth-order valence-corrected chi connectivity index (χ4v) is 3.30. The largest absolute Gasteiger partial charge is 0.328 e. The quantitative estimate of drug-likeness (QED) is 0.652. The molecule has 2 aliphatic rings. The summed E-state index contributed by atoms with van der Waals surface area (Å²) in [6.07, 6.45) is 1.20. The van der Waals surface area contributed by atoms with Crippen LogP contribution < -0.4 is 0 Å². The van der Waals surface area contributed by atoms with Gasteiger partial charge >= 0.3 is 0 Å². The van der Waals surface area contributed by atoms with Crippen LogP contribution in [0.1, 0.15) is 34.1 Å². The molecule has 0 N–H and O–H groups in total. The Labute approximate surface area is 99.0 Å². The first-order valence-electron chi connectivity index (χ1n) is 6.62. The molecule has 2 atom stereocenters. The first-order valence-corrected chi connectivity index (χ1v) is 6.62. The van der Waals surface area contributed by atoms with Gasteiger partial charge in [0.05, 0.1) is 38.3 Å². The highest BCUT2D eigenvalue weighted by Gasteiger charge is 2.48. The molecule has 2 unspecified atom stereocenters. The number of amides is 1. The van der Waals surface area contributed by atoms with Gasteiger partial charge < -0.3 is 9.38 Å². The van der Waals surface area contributed by atoms with Crippen molar-refractivity contribution >= 4 is 5.91 Å². The molecular weight excluding hydrogens is 200 g/mol. The van der Waals surface area contributed by atoms with E-state index in [4.69, 9.17) is 0 Å². The van der Waals surface area contributed by atoms with Crippen molar-refractivity contribution in [1.82, 2.24) is 4.90 Å². The van der Waals surface area contributed by atoms with E-state index >= 15 is 0 Å². The Morgan fingerprint density at radius 1 is 1.25 bits per heavy atom. The second kappa shape index (κ2) is 4.02. The highest BCUT2D eigenvalue weighted by molar-refractivity contribution is 5.78. The number of nitrogens with zero attached hydrogens (tertiary/aromatic N) is 2. The van der Waals surface area contributed by atoms with Gasteiger partial charge in [-0.05, 0) is 13.8 Å². The first kappa shape index (κ1) is 11.9. The third-order valence-electron chi connectivity index (χ3n) is 4.58. The molecule has 0 aromatic heterocycles. The Bertz CT molecular complexity index is 288. The Hall–Kier alpha value is -0.570. The minimum absolute atomic E-state index is 0.152. The summed E-state index contributed by atoms with van der Waals surface area (Å²) in [6, 6.07) is 1.23. The molecule has 0 aromatic rings. The van der Waals surface area contributed by atoms with E-state index in [-0.39, 0.29) is 5.92 Å². The van der Waals surface area contributed by atoms with Crippen LogP contribution in [-0.2, 0) is 4.79 Å². The number of carbonyl (C=O) groups is 1. The van der Waals surface area contributed by atoms with Crippen molar-refractivity contribution in [3.05, 3.63) is 0 Å². The smallest absolute Gasteiger partial charge is 0.225 e. The van der Waals surface area contributed by atoms with Crippen LogP contribution in [0.4, 0.5) is 0 Å². The van der Waals surface area contributed by atoms with Crippen LogP contribution in [0.15, 0.2) is 0 Å². The van der Waals surface area contributed by atoms with Crippen molar-refractivity contribution in [2.24, 2.45) is 5.92 Å². The lowest BCUT2D eigenvalue weighted by Crippen LogP contribution is -2.61. The summed E-state index contributed by atoms with van der Waals surface area (Å²) in [5, 5.41) is 0.